The molecule has 2 N–H and O–H groups in total. The van der Waals surface area contributed by atoms with Gasteiger partial charge in [0.25, 0.3) is 11.8 Å². The number of amides is 3. The van der Waals surface area contributed by atoms with E-state index >= 15 is 0 Å². The number of allylic oxidation sites excluding steroid dienone is 1. The maximum absolute atomic E-state index is 12.9. The van der Waals surface area contributed by atoms with Gasteiger partial charge in [0.1, 0.15) is 5.60 Å². The van der Waals surface area contributed by atoms with Gasteiger partial charge in [-0.2, -0.15) is 0 Å². The second-order valence-electron chi connectivity index (χ2n) is 9.54. The van der Waals surface area contributed by atoms with Crippen LogP contribution in [0.2, 0.25) is 5.02 Å². The molecular weight excluding hydrogens is 456 g/mol. The predicted molar refractivity (Wildman–Crippen MR) is 136 cm³/mol. The van der Waals surface area contributed by atoms with E-state index in [1.165, 1.54) is 0 Å². The highest BCUT2D eigenvalue weighted by Crippen LogP contribution is 2.28. The summed E-state index contributed by atoms with van der Waals surface area (Å²) in [5.41, 5.74) is 3.05. The number of nitrogens with one attached hydrogen (secondary N) is 2. The van der Waals surface area contributed by atoms with Crippen molar-refractivity contribution in [3.63, 3.8) is 0 Å². The van der Waals surface area contributed by atoms with Crippen molar-refractivity contribution in [3.8, 4) is 0 Å². The van der Waals surface area contributed by atoms with Crippen LogP contribution in [0.25, 0.3) is 0 Å². The Morgan fingerprint density at radius 1 is 1.18 bits per heavy atom. The molecule has 34 heavy (non-hydrogen) atoms. The summed E-state index contributed by atoms with van der Waals surface area (Å²) in [7, 11) is 1.91. The third-order valence-corrected chi connectivity index (χ3v) is 5.60. The van der Waals surface area contributed by atoms with Gasteiger partial charge in [0.2, 0.25) is 0 Å². The first-order chi connectivity index (χ1) is 15.8. The minimum Gasteiger partial charge on any atom is -0.444 e. The van der Waals surface area contributed by atoms with E-state index in [1.54, 1.807) is 13.0 Å². The van der Waals surface area contributed by atoms with Crippen molar-refractivity contribution in [1.29, 1.82) is 0 Å². The number of benzene rings is 1. The molecule has 2 rings (SSSR count). The van der Waals surface area contributed by atoms with Crippen LogP contribution < -0.4 is 15.5 Å². The first-order valence-corrected chi connectivity index (χ1v) is 11.7. The average molecular weight is 491 g/mol. The molecule has 1 unspecified atom stereocenters. The Morgan fingerprint density at radius 3 is 2.47 bits per heavy atom. The minimum absolute atomic E-state index is 0.171. The van der Waals surface area contributed by atoms with Crippen molar-refractivity contribution < 1.29 is 19.1 Å². The highest BCUT2D eigenvalue weighted by atomic mass is 35.5. The number of hydrogen-bond acceptors (Lipinski definition) is 5. The molecule has 1 atom stereocenters. The zero-order chi connectivity index (χ0) is 25.6. The molecule has 0 saturated carbocycles. The summed E-state index contributed by atoms with van der Waals surface area (Å²) in [6.07, 6.45) is 2.09. The quantitative estimate of drug-likeness (QED) is 0.529. The standard InChI is InChI=1S/C25H35ClN4O4/c1-15-11-16(2)29-23(32)20(15)14-28-22(31)19-12-18(26)13-21(17(19)3)30(7)10-8-9-27-24(33)34-25(4,5)6/h11-13,20H,8-10,14H2,1-7H3,(H,27,33)(H,28,31). The number of rotatable bonds is 8. The number of carbonyl (C=O) groups excluding carboxylic acids is 3. The molecule has 1 heterocycles. The molecule has 0 spiro atoms. The molecule has 3 amide bonds. The van der Waals surface area contributed by atoms with Crippen molar-refractivity contribution in [1.82, 2.24) is 10.6 Å². The zero-order valence-corrected chi connectivity index (χ0v) is 21.8. The van der Waals surface area contributed by atoms with Gasteiger partial charge in [-0.05, 0) is 71.7 Å². The molecule has 0 radical (unpaired) electrons. The Kier molecular flexibility index (Phi) is 9.27. The number of aliphatic imine (C=N–C) groups is 1. The summed E-state index contributed by atoms with van der Waals surface area (Å²) in [6, 6.07) is 3.44. The Morgan fingerprint density at radius 2 is 1.85 bits per heavy atom. The van der Waals surface area contributed by atoms with Crippen molar-refractivity contribution >= 4 is 40.9 Å². The fraction of sp³-hybridized carbons (Fsp3) is 0.520. The maximum Gasteiger partial charge on any atom is 0.407 e. The SMILES string of the molecule is CC1=CC(C)=NC(=O)C1CNC(=O)c1cc(Cl)cc(N(C)CCCNC(=O)OC(C)(C)C)c1C. The molecule has 1 aliphatic rings. The monoisotopic (exact) mass is 490 g/mol. The molecule has 0 aliphatic carbocycles. The number of carbonyl (C=O) groups is 3. The third-order valence-electron chi connectivity index (χ3n) is 5.38. The Labute approximate surface area is 206 Å². The number of halogens is 1. The zero-order valence-electron chi connectivity index (χ0n) is 21.0. The van der Waals surface area contributed by atoms with Crippen LogP contribution in [0.4, 0.5) is 10.5 Å². The van der Waals surface area contributed by atoms with E-state index in [-0.39, 0.29) is 18.4 Å². The van der Waals surface area contributed by atoms with E-state index < -0.39 is 17.6 Å². The van der Waals surface area contributed by atoms with Gasteiger partial charge in [-0.3, -0.25) is 9.59 Å². The van der Waals surface area contributed by atoms with Crippen molar-refractivity contribution in [2.45, 2.75) is 53.6 Å². The molecule has 0 aromatic heterocycles. The molecule has 0 fully saturated rings. The summed E-state index contributed by atoms with van der Waals surface area (Å²) in [6.45, 7) is 12.2. The van der Waals surface area contributed by atoms with Crippen molar-refractivity contribution in [2.75, 3.05) is 31.6 Å². The van der Waals surface area contributed by atoms with Crippen LogP contribution >= 0.6 is 11.6 Å². The number of hydrogen-bond donors (Lipinski definition) is 2. The molecule has 186 valence electrons. The normalized spacial score (nSPS) is 15.9. The number of anilines is 1. The summed E-state index contributed by atoms with van der Waals surface area (Å²) < 4.78 is 5.23. The summed E-state index contributed by atoms with van der Waals surface area (Å²) in [5, 5.41) is 6.03. The van der Waals surface area contributed by atoms with Gasteiger partial charge in [0.15, 0.2) is 0 Å². The molecule has 0 saturated heterocycles. The molecule has 9 heteroatoms. The van der Waals surface area contributed by atoms with Crippen molar-refractivity contribution in [3.05, 3.63) is 39.9 Å². The van der Waals surface area contributed by atoms with Gasteiger partial charge >= 0.3 is 6.09 Å². The highest BCUT2D eigenvalue weighted by molar-refractivity contribution is 6.31. The van der Waals surface area contributed by atoms with Crippen LogP contribution in [0.3, 0.4) is 0 Å². The van der Waals surface area contributed by atoms with Gasteiger partial charge in [-0.25, -0.2) is 9.79 Å². The lowest BCUT2D eigenvalue weighted by Crippen LogP contribution is -2.35. The van der Waals surface area contributed by atoms with Gasteiger partial charge < -0.3 is 20.3 Å². The van der Waals surface area contributed by atoms with Crippen molar-refractivity contribution in [2.24, 2.45) is 10.9 Å². The number of ether oxygens (including phenoxy) is 1. The van der Waals surface area contributed by atoms with Crippen LogP contribution in [0.5, 0.6) is 0 Å². The molecular formula is C25H35ClN4O4. The first kappa shape index (κ1) is 27.4. The van der Waals surface area contributed by atoms with Gasteiger partial charge in [0.05, 0.1) is 5.92 Å². The van der Waals surface area contributed by atoms with Crippen LogP contribution in [-0.4, -0.2) is 55.9 Å². The van der Waals surface area contributed by atoms with Crippen LogP contribution in [0.15, 0.2) is 28.8 Å². The fourth-order valence-electron chi connectivity index (χ4n) is 3.69. The largest absolute Gasteiger partial charge is 0.444 e. The van der Waals surface area contributed by atoms with E-state index in [4.69, 9.17) is 16.3 Å². The smallest absolute Gasteiger partial charge is 0.407 e. The molecule has 1 aromatic carbocycles. The van der Waals surface area contributed by atoms with E-state index in [9.17, 15) is 14.4 Å². The average Bonchev–Trinajstić information content (AvgIpc) is 2.70. The van der Waals surface area contributed by atoms with Crippen LogP contribution in [0.1, 0.15) is 57.0 Å². The Hall–Kier alpha value is -2.87. The topological polar surface area (TPSA) is 100 Å². The molecule has 1 aromatic rings. The fourth-order valence-corrected chi connectivity index (χ4v) is 3.90. The van der Waals surface area contributed by atoms with Gasteiger partial charge in [-0.1, -0.05) is 17.2 Å². The van der Waals surface area contributed by atoms with E-state index in [1.807, 2.05) is 58.7 Å². The van der Waals surface area contributed by atoms with E-state index in [0.29, 0.717) is 35.8 Å². The van der Waals surface area contributed by atoms with E-state index in [2.05, 4.69) is 15.6 Å². The van der Waals surface area contributed by atoms with Crippen LogP contribution in [-0.2, 0) is 9.53 Å². The van der Waals surface area contributed by atoms with Crippen LogP contribution in [0, 0.1) is 12.8 Å². The molecule has 8 nitrogen and oxygen atoms in total. The second-order valence-corrected chi connectivity index (χ2v) is 9.98. The first-order valence-electron chi connectivity index (χ1n) is 11.3. The second kappa shape index (κ2) is 11.5. The lowest BCUT2D eigenvalue weighted by Gasteiger charge is -2.24. The number of nitrogens with zero attached hydrogens (tertiary/aromatic N) is 2. The summed E-state index contributed by atoms with van der Waals surface area (Å²) in [4.78, 5) is 42.9. The summed E-state index contributed by atoms with van der Waals surface area (Å²) in [5.74, 6) is -1.01. The molecule has 1 aliphatic heterocycles. The highest BCUT2D eigenvalue weighted by Gasteiger charge is 2.25. The lowest BCUT2D eigenvalue weighted by atomic mass is 9.95. The number of dihydropyridines is 1. The lowest BCUT2D eigenvalue weighted by molar-refractivity contribution is -0.120. The van der Waals surface area contributed by atoms with Gasteiger partial charge in [-0.15, -0.1) is 0 Å². The van der Waals surface area contributed by atoms with Gasteiger partial charge in [0, 0.05) is 48.7 Å². The minimum atomic E-state index is -0.541. The third kappa shape index (κ3) is 7.87. The predicted octanol–water partition coefficient (Wildman–Crippen LogP) is 4.29. The Balaban J connectivity index is 1.99. The summed E-state index contributed by atoms with van der Waals surface area (Å²) >= 11 is 6.32. The Bertz CT molecular complexity index is 1010. The number of alkyl carbamates (subject to hydrolysis) is 1. The van der Waals surface area contributed by atoms with E-state index in [0.717, 1.165) is 16.8 Å². The molecule has 0 bridgehead atoms. The maximum atomic E-state index is 12.9.